The summed E-state index contributed by atoms with van der Waals surface area (Å²) < 4.78 is 2.22. The fourth-order valence-corrected chi connectivity index (χ4v) is 4.04. The van der Waals surface area contributed by atoms with Gasteiger partial charge in [0.25, 0.3) is 0 Å². The molecular weight excluding hydrogens is 302 g/mol. The van der Waals surface area contributed by atoms with Crippen molar-refractivity contribution in [1.29, 1.82) is 0 Å². The second-order valence-electron chi connectivity index (χ2n) is 4.24. The van der Waals surface area contributed by atoms with E-state index in [1.54, 1.807) is 23.1 Å². The van der Waals surface area contributed by atoms with Gasteiger partial charge >= 0.3 is 0 Å². The predicted molar refractivity (Wildman–Crippen MR) is 69.1 cm³/mol. The monoisotopic (exact) mass is 313 g/mol. The normalized spacial score (nSPS) is 16.2. The van der Waals surface area contributed by atoms with Crippen LogP contribution in [0.1, 0.15) is 33.5 Å². The first-order chi connectivity index (χ1) is 8.16. The molecule has 0 saturated heterocycles. The first kappa shape index (κ1) is 11.4. The first-order valence-electron chi connectivity index (χ1n) is 5.51. The molecular formula is C11H12BrN3OS. The summed E-state index contributed by atoms with van der Waals surface area (Å²) in [4.78, 5) is 2.41. The number of nitrogens with zero attached hydrogens (tertiary/aromatic N) is 3. The van der Waals surface area contributed by atoms with E-state index in [2.05, 4.69) is 32.3 Å². The molecule has 4 nitrogen and oxygen atoms in total. The minimum absolute atomic E-state index is 0.612. The summed E-state index contributed by atoms with van der Waals surface area (Å²) in [6.07, 6.45) is 2.90. The number of aliphatic hydroxyl groups is 1. The van der Waals surface area contributed by atoms with Gasteiger partial charge in [0.15, 0.2) is 4.60 Å². The van der Waals surface area contributed by atoms with Crippen LogP contribution in [0.5, 0.6) is 0 Å². The van der Waals surface area contributed by atoms with Crippen molar-refractivity contribution >= 4 is 27.3 Å². The van der Waals surface area contributed by atoms with Gasteiger partial charge in [0.2, 0.25) is 0 Å². The Morgan fingerprint density at radius 2 is 2.35 bits per heavy atom. The van der Waals surface area contributed by atoms with Crippen LogP contribution in [-0.2, 0) is 19.9 Å². The molecule has 0 saturated carbocycles. The van der Waals surface area contributed by atoms with Gasteiger partial charge < -0.3 is 5.11 Å². The summed E-state index contributed by atoms with van der Waals surface area (Å²) >= 11 is 5.03. The molecule has 2 aromatic heterocycles. The highest BCUT2D eigenvalue weighted by Crippen LogP contribution is 2.37. The summed E-state index contributed by atoms with van der Waals surface area (Å²) in [6.45, 7) is 0. The maximum absolute atomic E-state index is 10.4. The summed E-state index contributed by atoms with van der Waals surface area (Å²) in [6, 6.07) is 2.12. The number of aromatic nitrogens is 3. The maximum atomic E-state index is 10.4. The number of halogens is 1. The molecule has 1 N–H and O–H groups in total. The molecule has 2 heterocycles. The van der Waals surface area contributed by atoms with Gasteiger partial charge in [-0.2, -0.15) is 0 Å². The Labute approximate surface area is 111 Å². The Balaban J connectivity index is 1.98. The van der Waals surface area contributed by atoms with Gasteiger partial charge in [-0.25, -0.2) is 4.68 Å². The van der Waals surface area contributed by atoms with E-state index < -0.39 is 6.10 Å². The van der Waals surface area contributed by atoms with Crippen LogP contribution >= 0.6 is 27.3 Å². The van der Waals surface area contributed by atoms with Crippen molar-refractivity contribution in [2.75, 3.05) is 0 Å². The number of aliphatic hydroxyl groups excluding tert-OH is 1. The van der Waals surface area contributed by atoms with E-state index in [0.29, 0.717) is 10.3 Å². The zero-order valence-corrected chi connectivity index (χ0v) is 11.8. The van der Waals surface area contributed by atoms with Gasteiger partial charge in [0.1, 0.15) is 11.8 Å². The first-order valence-corrected chi connectivity index (χ1v) is 7.12. The minimum Gasteiger partial charge on any atom is -0.381 e. The van der Waals surface area contributed by atoms with E-state index >= 15 is 0 Å². The molecule has 17 heavy (non-hydrogen) atoms. The Kier molecular flexibility index (Phi) is 2.80. The molecule has 1 unspecified atom stereocenters. The van der Waals surface area contributed by atoms with Crippen molar-refractivity contribution < 1.29 is 5.11 Å². The number of fused-ring (bicyclic) bond motifs is 1. The Hall–Kier alpha value is -0.720. The van der Waals surface area contributed by atoms with Gasteiger partial charge in [0, 0.05) is 16.8 Å². The highest BCUT2D eigenvalue weighted by molar-refractivity contribution is 9.10. The zero-order valence-electron chi connectivity index (χ0n) is 9.35. The van der Waals surface area contributed by atoms with Crippen LogP contribution in [0.4, 0.5) is 0 Å². The van der Waals surface area contributed by atoms with Crippen LogP contribution in [0, 0.1) is 0 Å². The standard InChI is InChI=1S/C11H12BrN3OS/c1-15-9(11(12)13-14-15)10(16)8-5-6-3-2-4-7(6)17-8/h5,10,16H,2-4H2,1H3. The van der Waals surface area contributed by atoms with Crippen molar-refractivity contribution in [2.24, 2.45) is 7.05 Å². The second kappa shape index (κ2) is 4.19. The fourth-order valence-electron chi connectivity index (χ4n) is 2.25. The molecule has 1 atom stereocenters. The third-order valence-corrected chi connectivity index (χ3v) is 4.98. The molecule has 90 valence electrons. The second-order valence-corrected chi connectivity index (χ2v) is 6.16. The van der Waals surface area contributed by atoms with Crippen LogP contribution in [0.2, 0.25) is 0 Å². The average molecular weight is 314 g/mol. The number of hydrogen-bond acceptors (Lipinski definition) is 4. The van der Waals surface area contributed by atoms with Gasteiger partial charge in [-0.3, -0.25) is 0 Å². The lowest BCUT2D eigenvalue weighted by molar-refractivity contribution is 0.212. The van der Waals surface area contributed by atoms with E-state index in [4.69, 9.17) is 0 Å². The molecule has 0 bridgehead atoms. The van der Waals surface area contributed by atoms with Crippen LogP contribution in [0.15, 0.2) is 10.7 Å². The lowest BCUT2D eigenvalue weighted by Crippen LogP contribution is -2.06. The van der Waals surface area contributed by atoms with Gasteiger partial charge in [-0.1, -0.05) is 5.21 Å². The van der Waals surface area contributed by atoms with Gasteiger partial charge in [-0.05, 0) is 46.8 Å². The quantitative estimate of drug-likeness (QED) is 0.925. The summed E-state index contributed by atoms with van der Waals surface area (Å²) in [5.41, 5.74) is 2.11. The van der Waals surface area contributed by atoms with Gasteiger partial charge in [-0.15, -0.1) is 16.4 Å². The lowest BCUT2D eigenvalue weighted by atomic mass is 10.2. The van der Waals surface area contributed by atoms with Crippen molar-refractivity contribution in [2.45, 2.75) is 25.4 Å². The van der Waals surface area contributed by atoms with Crippen molar-refractivity contribution in [3.63, 3.8) is 0 Å². The maximum Gasteiger partial charge on any atom is 0.154 e. The summed E-state index contributed by atoms with van der Waals surface area (Å²) in [5.74, 6) is 0. The van der Waals surface area contributed by atoms with Crippen LogP contribution in [0.3, 0.4) is 0 Å². The SMILES string of the molecule is Cn1nnc(Br)c1C(O)c1cc2c(s1)CCC2. The molecule has 2 aromatic rings. The van der Waals surface area contributed by atoms with Crippen molar-refractivity contribution in [3.8, 4) is 0 Å². The molecule has 3 rings (SSSR count). The predicted octanol–water partition coefficient (Wildman–Crippen LogP) is 2.21. The zero-order chi connectivity index (χ0) is 12.0. The highest BCUT2D eigenvalue weighted by Gasteiger charge is 2.24. The molecule has 0 radical (unpaired) electrons. The minimum atomic E-state index is -0.639. The topological polar surface area (TPSA) is 50.9 Å². The number of aryl methyl sites for hydroxylation is 3. The molecule has 6 heteroatoms. The van der Waals surface area contributed by atoms with E-state index in [-0.39, 0.29) is 0 Å². The third kappa shape index (κ3) is 1.84. The highest BCUT2D eigenvalue weighted by atomic mass is 79.9. The van der Waals surface area contributed by atoms with Crippen molar-refractivity contribution in [1.82, 2.24) is 15.0 Å². The van der Waals surface area contributed by atoms with Crippen molar-refractivity contribution in [3.05, 3.63) is 31.7 Å². The van der Waals surface area contributed by atoms with E-state index in [1.165, 1.54) is 16.9 Å². The Morgan fingerprint density at radius 1 is 1.53 bits per heavy atom. The average Bonchev–Trinajstić information content (AvgIpc) is 2.92. The molecule has 1 aliphatic carbocycles. The Morgan fingerprint density at radius 3 is 3.00 bits per heavy atom. The molecule has 0 aliphatic heterocycles. The molecule has 0 aromatic carbocycles. The van der Waals surface area contributed by atoms with Crippen LogP contribution in [-0.4, -0.2) is 20.1 Å². The van der Waals surface area contributed by atoms with Crippen LogP contribution < -0.4 is 0 Å². The summed E-state index contributed by atoms with van der Waals surface area (Å²) in [5, 5.41) is 18.2. The third-order valence-electron chi connectivity index (χ3n) is 3.12. The number of hydrogen-bond donors (Lipinski definition) is 1. The van der Waals surface area contributed by atoms with E-state index in [9.17, 15) is 5.11 Å². The number of thiophene rings is 1. The molecule has 0 spiro atoms. The molecule has 0 fully saturated rings. The number of rotatable bonds is 2. The van der Waals surface area contributed by atoms with Gasteiger partial charge in [0.05, 0.1) is 0 Å². The lowest BCUT2D eigenvalue weighted by Gasteiger charge is -2.08. The van der Waals surface area contributed by atoms with E-state index in [0.717, 1.165) is 17.7 Å². The van der Waals surface area contributed by atoms with Crippen LogP contribution in [0.25, 0.3) is 0 Å². The summed E-state index contributed by atoms with van der Waals surface area (Å²) in [7, 11) is 1.79. The molecule has 1 aliphatic rings. The largest absolute Gasteiger partial charge is 0.381 e. The van der Waals surface area contributed by atoms with E-state index in [1.807, 2.05) is 0 Å². The Bertz CT molecular complexity index is 522. The fraction of sp³-hybridized carbons (Fsp3) is 0.455. The molecule has 0 amide bonds. The smallest absolute Gasteiger partial charge is 0.154 e.